The van der Waals surface area contributed by atoms with E-state index in [2.05, 4.69) is 9.97 Å². The summed E-state index contributed by atoms with van der Waals surface area (Å²) in [4.78, 5) is 22.3. The quantitative estimate of drug-likeness (QED) is 0.625. The summed E-state index contributed by atoms with van der Waals surface area (Å²) >= 11 is 1.22. The monoisotopic (exact) mass is 327 g/mol. The Labute approximate surface area is 132 Å². The molecule has 0 N–H and O–H groups in total. The minimum Gasteiger partial charge on any atom is -0.332 e. The molecule has 2 aliphatic rings. The summed E-state index contributed by atoms with van der Waals surface area (Å²) in [6.07, 6.45) is 4.86. The van der Waals surface area contributed by atoms with Crippen molar-refractivity contribution >= 4 is 17.7 Å². The number of hydrogen-bond donors (Lipinski definition) is 0. The number of alkyl halides is 2. The lowest BCUT2D eigenvalue weighted by Gasteiger charge is -2.26. The van der Waals surface area contributed by atoms with Crippen LogP contribution in [-0.2, 0) is 6.54 Å². The first-order chi connectivity index (χ1) is 10.6. The van der Waals surface area contributed by atoms with Gasteiger partial charge in [0.05, 0.1) is 17.8 Å². The van der Waals surface area contributed by atoms with Crippen molar-refractivity contribution in [3.8, 4) is 0 Å². The van der Waals surface area contributed by atoms with Crippen LogP contribution >= 0.6 is 11.8 Å². The Morgan fingerprint density at radius 1 is 1.27 bits per heavy atom. The molecule has 2 heterocycles. The van der Waals surface area contributed by atoms with Crippen LogP contribution in [0.5, 0.6) is 0 Å². The van der Waals surface area contributed by atoms with Gasteiger partial charge in [0.1, 0.15) is 5.69 Å². The van der Waals surface area contributed by atoms with Crippen molar-refractivity contribution in [2.24, 2.45) is 5.92 Å². The Balaban J connectivity index is 1.84. The predicted octanol–water partition coefficient (Wildman–Crippen LogP) is 3.67. The van der Waals surface area contributed by atoms with Gasteiger partial charge in [-0.15, -0.1) is 0 Å². The average Bonchev–Trinajstić information content (AvgIpc) is 2.83. The van der Waals surface area contributed by atoms with Gasteiger partial charge in [-0.1, -0.05) is 31.0 Å². The minimum atomic E-state index is -2.75. The van der Waals surface area contributed by atoms with E-state index in [1.54, 1.807) is 11.2 Å². The number of hydrogen-bond acceptors (Lipinski definition) is 4. The summed E-state index contributed by atoms with van der Waals surface area (Å²) in [7, 11) is 0. The number of fused-ring (bicyclic) bond motifs is 1. The van der Waals surface area contributed by atoms with Crippen LogP contribution in [0.2, 0.25) is 0 Å². The summed E-state index contributed by atoms with van der Waals surface area (Å²) in [6.45, 7) is 0.979. The van der Waals surface area contributed by atoms with Gasteiger partial charge >= 0.3 is 0 Å². The standard InChI is InChI=1S/C15H19F2N3OS/c1-22-15-18-10-8-20(7-9-5-3-2-4-6-9)14(21)11(10)12(19-15)13(16)17/h9,13H,2-8H2,1H3. The van der Waals surface area contributed by atoms with Gasteiger partial charge in [-0.25, -0.2) is 18.7 Å². The molecule has 1 saturated carbocycles. The summed E-state index contributed by atoms with van der Waals surface area (Å²) in [5.41, 5.74) is 0.0737. The van der Waals surface area contributed by atoms with Crippen LogP contribution in [0.3, 0.4) is 0 Å². The summed E-state index contributed by atoms with van der Waals surface area (Å²) in [6, 6.07) is 0. The molecular weight excluding hydrogens is 308 g/mol. The highest BCUT2D eigenvalue weighted by Crippen LogP contribution is 2.33. The Morgan fingerprint density at radius 2 is 2.00 bits per heavy atom. The van der Waals surface area contributed by atoms with E-state index in [9.17, 15) is 13.6 Å². The molecule has 22 heavy (non-hydrogen) atoms. The Morgan fingerprint density at radius 3 is 2.64 bits per heavy atom. The number of nitrogens with zero attached hydrogens (tertiary/aromatic N) is 3. The molecule has 0 radical (unpaired) electrons. The number of aromatic nitrogens is 2. The second-order valence-electron chi connectivity index (χ2n) is 5.91. The van der Waals surface area contributed by atoms with E-state index in [1.165, 1.54) is 31.0 Å². The smallest absolute Gasteiger partial charge is 0.281 e. The topological polar surface area (TPSA) is 46.1 Å². The van der Waals surface area contributed by atoms with Gasteiger partial charge in [-0.05, 0) is 25.0 Å². The molecule has 0 saturated heterocycles. The molecule has 4 nitrogen and oxygen atoms in total. The van der Waals surface area contributed by atoms with E-state index in [1.807, 2.05) is 0 Å². The first-order valence-electron chi connectivity index (χ1n) is 7.62. The fourth-order valence-electron chi connectivity index (χ4n) is 3.34. The predicted molar refractivity (Wildman–Crippen MR) is 80.1 cm³/mol. The maximum atomic E-state index is 13.2. The number of halogens is 2. The van der Waals surface area contributed by atoms with E-state index in [4.69, 9.17) is 0 Å². The van der Waals surface area contributed by atoms with Crippen molar-refractivity contribution in [3.05, 3.63) is 17.0 Å². The molecule has 120 valence electrons. The van der Waals surface area contributed by atoms with E-state index in [0.29, 0.717) is 29.9 Å². The molecule has 3 rings (SSSR count). The van der Waals surface area contributed by atoms with Crippen molar-refractivity contribution in [1.29, 1.82) is 0 Å². The zero-order valence-electron chi connectivity index (χ0n) is 12.5. The van der Waals surface area contributed by atoms with E-state index >= 15 is 0 Å². The number of carbonyl (C=O) groups excluding carboxylic acids is 1. The van der Waals surface area contributed by atoms with Gasteiger partial charge in [0.2, 0.25) is 0 Å². The third-order valence-corrected chi connectivity index (χ3v) is 4.97. The van der Waals surface area contributed by atoms with Crippen molar-refractivity contribution in [2.75, 3.05) is 12.8 Å². The lowest BCUT2D eigenvalue weighted by molar-refractivity contribution is 0.0727. The average molecular weight is 327 g/mol. The number of carbonyl (C=O) groups is 1. The molecule has 0 aromatic carbocycles. The molecule has 0 unspecified atom stereocenters. The molecule has 1 fully saturated rings. The fourth-order valence-corrected chi connectivity index (χ4v) is 3.73. The summed E-state index contributed by atoms with van der Waals surface area (Å²) in [5, 5.41) is 0.307. The highest BCUT2D eigenvalue weighted by molar-refractivity contribution is 7.98. The highest BCUT2D eigenvalue weighted by Gasteiger charge is 2.36. The molecule has 1 amide bonds. The van der Waals surface area contributed by atoms with Crippen LogP contribution in [0.1, 0.15) is 60.3 Å². The number of amides is 1. The first-order valence-corrected chi connectivity index (χ1v) is 8.85. The second-order valence-corrected chi connectivity index (χ2v) is 6.68. The zero-order chi connectivity index (χ0) is 15.7. The molecule has 7 heteroatoms. The van der Waals surface area contributed by atoms with E-state index in [0.717, 1.165) is 12.8 Å². The molecule has 0 spiro atoms. The van der Waals surface area contributed by atoms with Gasteiger partial charge in [0.15, 0.2) is 5.16 Å². The molecule has 1 aliphatic heterocycles. The maximum Gasteiger partial charge on any atom is 0.281 e. The van der Waals surface area contributed by atoms with Crippen molar-refractivity contribution in [2.45, 2.75) is 50.2 Å². The van der Waals surface area contributed by atoms with Crippen molar-refractivity contribution < 1.29 is 13.6 Å². The summed E-state index contributed by atoms with van der Waals surface area (Å²) < 4.78 is 26.5. The SMILES string of the molecule is CSc1nc2c(c(C(F)F)n1)C(=O)N(CC1CCCCC1)C2. The van der Waals surface area contributed by atoms with Gasteiger partial charge in [0, 0.05) is 6.54 Å². The van der Waals surface area contributed by atoms with Gasteiger partial charge in [-0.3, -0.25) is 4.79 Å². The van der Waals surface area contributed by atoms with Gasteiger partial charge in [-0.2, -0.15) is 0 Å². The highest BCUT2D eigenvalue weighted by atomic mass is 32.2. The molecule has 1 aliphatic carbocycles. The largest absolute Gasteiger partial charge is 0.332 e. The summed E-state index contributed by atoms with van der Waals surface area (Å²) in [5.74, 6) is 0.151. The Bertz CT molecular complexity index is 576. The third-order valence-electron chi connectivity index (χ3n) is 4.43. The van der Waals surface area contributed by atoms with Gasteiger partial charge < -0.3 is 4.90 Å². The number of rotatable bonds is 4. The Hall–Kier alpha value is -1.24. The molecule has 0 bridgehead atoms. The van der Waals surface area contributed by atoms with Crippen LogP contribution < -0.4 is 0 Å². The normalized spacial score (nSPS) is 19.1. The van der Waals surface area contributed by atoms with Crippen LogP contribution in [0.4, 0.5) is 8.78 Å². The van der Waals surface area contributed by atoms with Crippen molar-refractivity contribution in [3.63, 3.8) is 0 Å². The zero-order valence-corrected chi connectivity index (χ0v) is 13.3. The van der Waals surface area contributed by atoms with E-state index in [-0.39, 0.29) is 11.5 Å². The van der Waals surface area contributed by atoms with Crippen LogP contribution in [0, 0.1) is 5.92 Å². The van der Waals surface area contributed by atoms with E-state index < -0.39 is 12.1 Å². The Kier molecular flexibility index (Phi) is 4.61. The lowest BCUT2D eigenvalue weighted by Crippen LogP contribution is -2.31. The van der Waals surface area contributed by atoms with Gasteiger partial charge in [0.25, 0.3) is 12.3 Å². The first kappa shape index (κ1) is 15.6. The van der Waals surface area contributed by atoms with Crippen LogP contribution in [0.15, 0.2) is 5.16 Å². The second kappa shape index (κ2) is 6.48. The maximum absolute atomic E-state index is 13.2. The lowest BCUT2D eigenvalue weighted by atomic mass is 9.89. The molecule has 1 aromatic heterocycles. The molecule has 0 atom stereocenters. The number of thioether (sulfide) groups is 1. The third kappa shape index (κ3) is 2.95. The molecular formula is C15H19F2N3OS. The minimum absolute atomic E-state index is 0.0311. The van der Waals surface area contributed by atoms with Crippen molar-refractivity contribution in [1.82, 2.24) is 14.9 Å². The van der Waals surface area contributed by atoms with Crippen LogP contribution in [0.25, 0.3) is 0 Å². The molecule has 1 aromatic rings. The fraction of sp³-hybridized carbons (Fsp3) is 0.667. The van der Waals surface area contributed by atoms with Crippen LogP contribution in [-0.4, -0.2) is 33.6 Å².